The third kappa shape index (κ3) is 2.27. The van der Waals surface area contributed by atoms with Crippen molar-refractivity contribution in [2.24, 2.45) is 0 Å². The minimum atomic E-state index is 0.155. The number of rotatable bonds is 2. The highest BCUT2D eigenvalue weighted by atomic mass is 79.9. The fourth-order valence-electron chi connectivity index (χ4n) is 3.05. The van der Waals surface area contributed by atoms with Gasteiger partial charge in [-0.3, -0.25) is 4.79 Å². The van der Waals surface area contributed by atoms with Gasteiger partial charge in [0.1, 0.15) is 0 Å². The molecule has 3 heteroatoms. The summed E-state index contributed by atoms with van der Waals surface area (Å²) in [6.45, 7) is 0. The Kier molecular flexibility index (Phi) is 3.22. The summed E-state index contributed by atoms with van der Waals surface area (Å²) in [6, 6.07) is 0. The van der Waals surface area contributed by atoms with Gasteiger partial charge in [0, 0.05) is 22.9 Å². The van der Waals surface area contributed by atoms with E-state index in [9.17, 15) is 4.79 Å². The number of ether oxygens (including phenoxy) is 1. The summed E-state index contributed by atoms with van der Waals surface area (Å²) in [6.07, 6.45) is 10.1. The average Bonchev–Trinajstić information content (AvgIpc) is 2.92. The first-order chi connectivity index (χ1) is 8.24. The summed E-state index contributed by atoms with van der Waals surface area (Å²) >= 11 is 3.58. The van der Waals surface area contributed by atoms with Gasteiger partial charge in [-0.1, -0.05) is 34.3 Å². The number of allylic oxidation sites excluding steroid dienone is 2. The highest BCUT2D eigenvalue weighted by molar-refractivity contribution is 9.11. The molecule has 92 valence electrons. The van der Waals surface area contributed by atoms with Crippen LogP contribution in [0.4, 0.5) is 0 Å². The van der Waals surface area contributed by atoms with Gasteiger partial charge in [-0.05, 0) is 25.3 Å². The van der Waals surface area contributed by atoms with E-state index >= 15 is 0 Å². The second kappa shape index (κ2) is 4.69. The minimum absolute atomic E-state index is 0.155. The second-order valence-electron chi connectivity index (χ2n) is 5.20. The molecule has 0 aromatic heterocycles. The molecule has 0 saturated heterocycles. The maximum atomic E-state index is 11.6. The van der Waals surface area contributed by atoms with Gasteiger partial charge in [-0.15, -0.1) is 0 Å². The van der Waals surface area contributed by atoms with Gasteiger partial charge < -0.3 is 4.74 Å². The lowest BCUT2D eigenvalue weighted by Gasteiger charge is -2.25. The van der Waals surface area contributed by atoms with E-state index in [4.69, 9.17) is 4.74 Å². The smallest absolute Gasteiger partial charge is 0.163 e. The van der Waals surface area contributed by atoms with Crippen molar-refractivity contribution >= 4 is 21.7 Å². The topological polar surface area (TPSA) is 26.3 Å². The molecule has 0 N–H and O–H groups in total. The number of hydrogen-bond donors (Lipinski definition) is 0. The summed E-state index contributed by atoms with van der Waals surface area (Å²) in [5.74, 6) is 0.302. The molecule has 0 bridgehead atoms. The molecule has 3 rings (SSSR count). The number of hydrogen-bond acceptors (Lipinski definition) is 2. The van der Waals surface area contributed by atoms with E-state index in [2.05, 4.69) is 15.9 Å². The summed E-state index contributed by atoms with van der Waals surface area (Å²) in [5.41, 5.74) is 2.25. The lowest BCUT2D eigenvalue weighted by Crippen LogP contribution is -2.23. The molecule has 0 aromatic rings. The predicted octanol–water partition coefficient (Wildman–Crippen LogP) is 3.66. The number of Topliss-reactive ketones (excluding diaryl/α,β-unsaturated/α-hetero) is 1. The largest absolute Gasteiger partial charge is 0.369 e. The van der Waals surface area contributed by atoms with E-state index in [1.54, 1.807) is 0 Å². The van der Waals surface area contributed by atoms with Gasteiger partial charge in [0.05, 0.1) is 12.2 Å². The van der Waals surface area contributed by atoms with Gasteiger partial charge in [-0.25, -0.2) is 0 Å². The summed E-state index contributed by atoms with van der Waals surface area (Å²) < 4.78 is 7.20. The van der Waals surface area contributed by atoms with E-state index in [1.165, 1.54) is 31.3 Å². The van der Waals surface area contributed by atoms with Crippen molar-refractivity contribution in [3.63, 3.8) is 0 Å². The Labute approximate surface area is 110 Å². The Morgan fingerprint density at radius 2 is 2.00 bits per heavy atom. The quantitative estimate of drug-likeness (QED) is 0.777. The fourth-order valence-corrected chi connectivity index (χ4v) is 3.55. The Morgan fingerprint density at radius 3 is 2.76 bits per heavy atom. The van der Waals surface area contributed by atoms with E-state index in [0.717, 1.165) is 22.9 Å². The monoisotopic (exact) mass is 296 g/mol. The molecular weight excluding hydrogens is 280 g/mol. The molecule has 1 saturated carbocycles. The Hall–Kier alpha value is -0.410. The Bertz CT molecular complexity index is 402. The van der Waals surface area contributed by atoms with Crippen molar-refractivity contribution in [2.45, 2.75) is 57.2 Å². The number of ketones is 1. The van der Waals surface area contributed by atoms with Crippen molar-refractivity contribution < 1.29 is 9.53 Å². The molecular formula is C14H17BrO2. The fraction of sp³-hybridized carbons (Fsp3) is 0.643. The summed E-state index contributed by atoms with van der Waals surface area (Å²) in [7, 11) is 0. The van der Waals surface area contributed by atoms with Gasteiger partial charge >= 0.3 is 0 Å². The van der Waals surface area contributed by atoms with Crippen molar-refractivity contribution in [3.05, 3.63) is 21.7 Å². The van der Waals surface area contributed by atoms with Gasteiger partial charge in [0.15, 0.2) is 5.78 Å². The molecule has 0 aliphatic heterocycles. The summed E-state index contributed by atoms with van der Waals surface area (Å²) in [4.78, 5) is 11.6. The van der Waals surface area contributed by atoms with Gasteiger partial charge in [0.2, 0.25) is 0 Å². The van der Waals surface area contributed by atoms with Crippen LogP contribution in [-0.4, -0.2) is 18.0 Å². The van der Waals surface area contributed by atoms with Gasteiger partial charge in [-0.2, -0.15) is 0 Å². The zero-order valence-electron chi connectivity index (χ0n) is 9.88. The molecule has 1 fully saturated rings. The highest BCUT2D eigenvalue weighted by Gasteiger charge is 2.31. The van der Waals surface area contributed by atoms with Crippen LogP contribution in [0.5, 0.6) is 0 Å². The molecule has 17 heavy (non-hydrogen) atoms. The van der Waals surface area contributed by atoms with Crippen molar-refractivity contribution in [1.82, 2.24) is 0 Å². The molecule has 0 heterocycles. The molecule has 3 aliphatic rings. The maximum Gasteiger partial charge on any atom is 0.163 e. The molecule has 3 aliphatic carbocycles. The van der Waals surface area contributed by atoms with Crippen LogP contribution in [0.3, 0.4) is 0 Å². The standard InChI is InChI=1S/C14H17BrO2/c15-12-8-11-9(5-6-13(11)16)7-14(12)17-10-3-1-2-4-10/h8,10,14H,1-7H2. The molecule has 1 unspecified atom stereocenters. The first kappa shape index (κ1) is 11.7. The van der Waals surface area contributed by atoms with Crippen molar-refractivity contribution in [3.8, 4) is 0 Å². The second-order valence-corrected chi connectivity index (χ2v) is 6.12. The molecule has 0 amide bonds. The van der Waals surface area contributed by atoms with E-state index in [0.29, 0.717) is 18.3 Å². The van der Waals surface area contributed by atoms with Crippen LogP contribution in [0, 0.1) is 0 Å². The first-order valence-electron chi connectivity index (χ1n) is 6.52. The van der Waals surface area contributed by atoms with Gasteiger partial charge in [0.25, 0.3) is 0 Å². The SMILES string of the molecule is O=C1CCC2=C1C=C(Br)C(OC1CCCC1)C2. The minimum Gasteiger partial charge on any atom is -0.369 e. The van der Waals surface area contributed by atoms with E-state index in [1.807, 2.05) is 6.08 Å². The normalized spacial score (nSPS) is 29.8. The third-order valence-corrected chi connectivity index (χ3v) is 4.76. The van der Waals surface area contributed by atoms with Crippen molar-refractivity contribution in [2.75, 3.05) is 0 Å². The van der Waals surface area contributed by atoms with E-state index in [-0.39, 0.29) is 6.10 Å². The average molecular weight is 297 g/mol. The first-order valence-corrected chi connectivity index (χ1v) is 7.31. The Balaban J connectivity index is 1.71. The van der Waals surface area contributed by atoms with Crippen LogP contribution in [-0.2, 0) is 9.53 Å². The van der Waals surface area contributed by atoms with E-state index < -0.39 is 0 Å². The lowest BCUT2D eigenvalue weighted by molar-refractivity contribution is -0.114. The molecule has 2 nitrogen and oxygen atoms in total. The van der Waals surface area contributed by atoms with Crippen molar-refractivity contribution in [1.29, 1.82) is 0 Å². The van der Waals surface area contributed by atoms with Crippen LogP contribution in [0.2, 0.25) is 0 Å². The van der Waals surface area contributed by atoms with Crippen LogP contribution < -0.4 is 0 Å². The van der Waals surface area contributed by atoms with Crippen LogP contribution in [0.1, 0.15) is 44.9 Å². The van der Waals surface area contributed by atoms with Crippen LogP contribution in [0.25, 0.3) is 0 Å². The zero-order valence-corrected chi connectivity index (χ0v) is 11.5. The molecule has 0 aromatic carbocycles. The maximum absolute atomic E-state index is 11.6. The molecule has 0 radical (unpaired) electrons. The van der Waals surface area contributed by atoms with Crippen LogP contribution >= 0.6 is 15.9 Å². The van der Waals surface area contributed by atoms with Crippen LogP contribution in [0.15, 0.2) is 21.7 Å². The predicted molar refractivity (Wildman–Crippen MR) is 70.0 cm³/mol. The highest BCUT2D eigenvalue weighted by Crippen LogP contribution is 2.38. The zero-order chi connectivity index (χ0) is 11.8. The lowest BCUT2D eigenvalue weighted by atomic mass is 9.97. The molecule has 1 atom stereocenters. The third-order valence-electron chi connectivity index (χ3n) is 4.02. The molecule has 0 spiro atoms. The number of carbonyl (C=O) groups excluding carboxylic acids is 1. The number of carbonyl (C=O) groups is 1. The Morgan fingerprint density at radius 1 is 1.24 bits per heavy atom. The number of halogens is 1. The summed E-state index contributed by atoms with van der Waals surface area (Å²) in [5, 5.41) is 0.